The molecular weight excluding hydrogens is 172 g/mol. The monoisotopic (exact) mass is 184 g/mol. The largest absolute Gasteiger partial charge is 0.316 e. The van der Waals surface area contributed by atoms with Crippen LogP contribution in [-0.4, -0.2) is 10.9 Å². The molecular formula is C8H12N2OS. The third-order valence-electron chi connectivity index (χ3n) is 1.39. The molecule has 0 aliphatic carbocycles. The van der Waals surface area contributed by atoms with Crippen LogP contribution in [0.5, 0.6) is 0 Å². The molecule has 66 valence electrons. The lowest BCUT2D eigenvalue weighted by Gasteiger charge is -2.03. The topological polar surface area (TPSA) is 42.0 Å². The first kappa shape index (κ1) is 9.19. The average molecular weight is 184 g/mol. The second-order valence-electron chi connectivity index (χ2n) is 2.89. The summed E-state index contributed by atoms with van der Waals surface area (Å²) >= 11 is 1.49. The normalized spacial score (nSPS) is 10.3. The minimum absolute atomic E-state index is 0.0207. The fourth-order valence-corrected chi connectivity index (χ4v) is 1.37. The van der Waals surface area contributed by atoms with E-state index in [0.717, 1.165) is 10.0 Å². The van der Waals surface area contributed by atoms with Gasteiger partial charge in [0.15, 0.2) is 0 Å². The molecule has 0 radical (unpaired) electrons. The third kappa shape index (κ3) is 2.30. The Morgan fingerprint density at radius 3 is 2.75 bits per heavy atom. The molecule has 0 aliphatic rings. The zero-order chi connectivity index (χ0) is 9.14. The zero-order valence-electron chi connectivity index (χ0n) is 7.42. The summed E-state index contributed by atoms with van der Waals surface area (Å²) in [7, 11) is 0. The molecule has 1 heterocycles. The lowest BCUT2D eigenvalue weighted by Crippen LogP contribution is -2.16. The van der Waals surface area contributed by atoms with Crippen molar-refractivity contribution in [1.82, 2.24) is 4.98 Å². The number of amides is 1. The summed E-state index contributed by atoms with van der Waals surface area (Å²) < 4.78 is 0. The van der Waals surface area contributed by atoms with E-state index in [4.69, 9.17) is 0 Å². The maximum atomic E-state index is 11.2. The number of carbonyl (C=O) groups is 1. The molecule has 1 N–H and O–H groups in total. The van der Waals surface area contributed by atoms with Gasteiger partial charge in [-0.05, 0) is 6.92 Å². The van der Waals surface area contributed by atoms with Crippen LogP contribution in [0.15, 0.2) is 6.20 Å². The Hall–Kier alpha value is -0.900. The molecule has 0 unspecified atom stereocenters. The van der Waals surface area contributed by atoms with Gasteiger partial charge in [-0.2, -0.15) is 0 Å². The molecule has 1 rings (SSSR count). The molecule has 0 aromatic carbocycles. The molecule has 1 amide bonds. The van der Waals surface area contributed by atoms with Crippen molar-refractivity contribution < 1.29 is 4.79 Å². The van der Waals surface area contributed by atoms with Gasteiger partial charge < -0.3 is 5.32 Å². The molecule has 0 fully saturated rings. The van der Waals surface area contributed by atoms with Gasteiger partial charge in [0, 0.05) is 5.92 Å². The molecule has 12 heavy (non-hydrogen) atoms. The smallest absolute Gasteiger partial charge is 0.227 e. The van der Waals surface area contributed by atoms with Crippen LogP contribution in [0.4, 0.5) is 5.00 Å². The van der Waals surface area contributed by atoms with E-state index >= 15 is 0 Å². The number of anilines is 1. The van der Waals surface area contributed by atoms with E-state index in [1.807, 2.05) is 20.8 Å². The number of rotatable bonds is 2. The highest BCUT2D eigenvalue weighted by Gasteiger charge is 2.07. The standard InChI is InChI=1S/C8H12N2OS/c1-5(2)8(11)10-7-4-9-6(3)12-7/h4-5H,1-3H3,(H,10,11). The Balaban J connectivity index is 2.58. The van der Waals surface area contributed by atoms with Crippen molar-refractivity contribution in [3.63, 3.8) is 0 Å². The van der Waals surface area contributed by atoms with Crippen LogP contribution in [0.3, 0.4) is 0 Å². The highest BCUT2D eigenvalue weighted by Crippen LogP contribution is 2.17. The number of aryl methyl sites for hydroxylation is 1. The van der Waals surface area contributed by atoms with E-state index in [0.29, 0.717) is 0 Å². The summed E-state index contributed by atoms with van der Waals surface area (Å²) in [5.41, 5.74) is 0. The predicted octanol–water partition coefficient (Wildman–Crippen LogP) is 2.05. The molecule has 0 saturated carbocycles. The summed E-state index contributed by atoms with van der Waals surface area (Å²) in [5.74, 6) is 0.0612. The Morgan fingerprint density at radius 1 is 1.67 bits per heavy atom. The number of hydrogen-bond acceptors (Lipinski definition) is 3. The van der Waals surface area contributed by atoms with Gasteiger partial charge in [-0.3, -0.25) is 4.79 Å². The van der Waals surface area contributed by atoms with Gasteiger partial charge in [0.05, 0.1) is 11.2 Å². The number of thiazole rings is 1. The molecule has 1 aromatic heterocycles. The van der Waals surface area contributed by atoms with Crippen LogP contribution < -0.4 is 5.32 Å². The van der Waals surface area contributed by atoms with E-state index in [1.165, 1.54) is 11.3 Å². The first-order valence-corrected chi connectivity index (χ1v) is 4.64. The fraction of sp³-hybridized carbons (Fsp3) is 0.500. The van der Waals surface area contributed by atoms with Crippen molar-refractivity contribution in [2.24, 2.45) is 5.92 Å². The predicted molar refractivity (Wildman–Crippen MR) is 50.3 cm³/mol. The first-order chi connectivity index (χ1) is 5.59. The van der Waals surface area contributed by atoms with Gasteiger partial charge in [0.1, 0.15) is 5.00 Å². The molecule has 0 saturated heterocycles. The fourth-order valence-electron chi connectivity index (χ4n) is 0.685. The average Bonchev–Trinajstić information content (AvgIpc) is 2.35. The van der Waals surface area contributed by atoms with E-state index in [-0.39, 0.29) is 11.8 Å². The number of carbonyl (C=O) groups excluding carboxylic acids is 1. The van der Waals surface area contributed by atoms with Crippen LogP contribution in [0.1, 0.15) is 18.9 Å². The van der Waals surface area contributed by atoms with Gasteiger partial charge in [-0.15, -0.1) is 11.3 Å². The number of nitrogens with zero attached hydrogens (tertiary/aromatic N) is 1. The van der Waals surface area contributed by atoms with E-state index in [1.54, 1.807) is 6.20 Å². The maximum Gasteiger partial charge on any atom is 0.227 e. The Labute approximate surface area is 75.8 Å². The maximum absolute atomic E-state index is 11.2. The highest BCUT2D eigenvalue weighted by molar-refractivity contribution is 7.15. The summed E-state index contributed by atoms with van der Waals surface area (Å²) in [5, 5.41) is 4.57. The van der Waals surface area contributed by atoms with Crippen molar-refractivity contribution in [1.29, 1.82) is 0 Å². The summed E-state index contributed by atoms with van der Waals surface area (Å²) in [4.78, 5) is 15.2. The second kappa shape index (κ2) is 3.67. The highest BCUT2D eigenvalue weighted by atomic mass is 32.1. The lowest BCUT2D eigenvalue weighted by molar-refractivity contribution is -0.118. The van der Waals surface area contributed by atoms with Gasteiger partial charge in [-0.1, -0.05) is 13.8 Å². The van der Waals surface area contributed by atoms with E-state index in [2.05, 4.69) is 10.3 Å². The van der Waals surface area contributed by atoms with Crippen molar-refractivity contribution in [2.45, 2.75) is 20.8 Å². The van der Waals surface area contributed by atoms with Crippen LogP contribution in [0, 0.1) is 12.8 Å². The van der Waals surface area contributed by atoms with Crippen LogP contribution in [-0.2, 0) is 4.79 Å². The Kier molecular flexibility index (Phi) is 2.81. The number of nitrogens with one attached hydrogen (secondary N) is 1. The van der Waals surface area contributed by atoms with Gasteiger partial charge >= 0.3 is 0 Å². The quantitative estimate of drug-likeness (QED) is 0.764. The lowest BCUT2D eigenvalue weighted by atomic mass is 10.2. The third-order valence-corrected chi connectivity index (χ3v) is 2.22. The van der Waals surface area contributed by atoms with E-state index < -0.39 is 0 Å². The molecule has 0 bridgehead atoms. The second-order valence-corrected chi connectivity index (χ2v) is 4.12. The number of hydrogen-bond donors (Lipinski definition) is 1. The molecule has 0 atom stereocenters. The first-order valence-electron chi connectivity index (χ1n) is 3.83. The van der Waals surface area contributed by atoms with Crippen LogP contribution in [0.25, 0.3) is 0 Å². The molecule has 0 aliphatic heterocycles. The Morgan fingerprint density at radius 2 is 2.33 bits per heavy atom. The minimum Gasteiger partial charge on any atom is -0.316 e. The molecule has 0 spiro atoms. The molecule has 4 heteroatoms. The molecule has 1 aromatic rings. The van der Waals surface area contributed by atoms with Crippen molar-refractivity contribution in [3.8, 4) is 0 Å². The van der Waals surface area contributed by atoms with Gasteiger partial charge in [0.25, 0.3) is 0 Å². The number of aromatic nitrogens is 1. The van der Waals surface area contributed by atoms with Crippen LogP contribution >= 0.6 is 11.3 Å². The van der Waals surface area contributed by atoms with Crippen molar-refractivity contribution >= 4 is 22.2 Å². The van der Waals surface area contributed by atoms with Crippen molar-refractivity contribution in [3.05, 3.63) is 11.2 Å². The zero-order valence-corrected chi connectivity index (χ0v) is 8.23. The SMILES string of the molecule is Cc1ncc(NC(=O)C(C)C)s1. The minimum atomic E-state index is 0.0207. The summed E-state index contributed by atoms with van der Waals surface area (Å²) in [6.45, 7) is 5.64. The van der Waals surface area contributed by atoms with Gasteiger partial charge in [0.2, 0.25) is 5.91 Å². The molecule has 3 nitrogen and oxygen atoms in total. The van der Waals surface area contributed by atoms with Crippen molar-refractivity contribution in [2.75, 3.05) is 5.32 Å². The van der Waals surface area contributed by atoms with Crippen LogP contribution in [0.2, 0.25) is 0 Å². The summed E-state index contributed by atoms with van der Waals surface area (Å²) in [6.07, 6.45) is 1.68. The van der Waals surface area contributed by atoms with Gasteiger partial charge in [-0.25, -0.2) is 4.98 Å². The Bertz CT molecular complexity index is 280. The summed E-state index contributed by atoms with van der Waals surface area (Å²) in [6, 6.07) is 0. The van der Waals surface area contributed by atoms with E-state index in [9.17, 15) is 4.79 Å².